The molecule has 33 heavy (non-hydrogen) atoms. The fourth-order valence-corrected chi connectivity index (χ4v) is 10.5. The van der Waals surface area contributed by atoms with Crippen molar-refractivity contribution in [3.8, 4) is 11.5 Å². The van der Waals surface area contributed by atoms with Crippen LogP contribution >= 0.6 is 0 Å². The Morgan fingerprint density at radius 3 is 2.09 bits per heavy atom. The number of nitrogens with one attached hydrogen (secondary N) is 1. The van der Waals surface area contributed by atoms with Gasteiger partial charge in [0, 0.05) is 25.5 Å². The van der Waals surface area contributed by atoms with Gasteiger partial charge in [0.2, 0.25) is 5.91 Å². The highest BCUT2D eigenvalue weighted by atomic mass is 28.3. The van der Waals surface area contributed by atoms with E-state index in [1.54, 1.807) is 0 Å². The number of hydrogen-bond acceptors (Lipinski definition) is 2. The standard InChI is InChI=1S/C29H49NO2Si/c1-24(2)33(25(3)4,26(5)6)23-20-28(16-10-7-8-13-22-31)17-18-29(32)30-21-19-27-14-11-9-12-15-27/h9,11-12,14-15,24-26,28,31H,7-8,10,13,16-19,21-22H2,1-6H3,(H,30,32)/t28-/m0/s1. The van der Waals surface area contributed by atoms with Gasteiger partial charge in [0.1, 0.15) is 8.07 Å². The molecule has 0 aliphatic heterocycles. The third-order valence-corrected chi connectivity index (χ3v) is 13.4. The SMILES string of the molecule is CC(C)[Si](C#C[C@@H](CCCCCCO)CCC(=O)NCCc1ccccc1)(C(C)C)C(C)C. The van der Waals surface area contributed by atoms with E-state index < -0.39 is 8.07 Å². The fraction of sp³-hybridized carbons (Fsp3) is 0.690. The van der Waals surface area contributed by atoms with Crippen molar-refractivity contribution in [2.75, 3.05) is 13.2 Å². The minimum Gasteiger partial charge on any atom is -0.396 e. The van der Waals surface area contributed by atoms with Crippen molar-refractivity contribution in [3.63, 3.8) is 0 Å². The Bertz CT molecular complexity index is 696. The van der Waals surface area contributed by atoms with Gasteiger partial charge in [-0.1, -0.05) is 91.1 Å². The normalized spacial score (nSPS) is 12.7. The molecule has 0 radical (unpaired) electrons. The van der Waals surface area contributed by atoms with Crippen molar-refractivity contribution < 1.29 is 9.90 Å². The second-order valence-electron chi connectivity index (χ2n) is 10.4. The molecule has 3 nitrogen and oxygen atoms in total. The van der Waals surface area contributed by atoms with E-state index in [9.17, 15) is 4.79 Å². The number of benzene rings is 1. The van der Waals surface area contributed by atoms with Crippen LogP contribution < -0.4 is 5.32 Å². The van der Waals surface area contributed by atoms with Crippen molar-refractivity contribution in [1.29, 1.82) is 0 Å². The van der Waals surface area contributed by atoms with Gasteiger partial charge in [-0.05, 0) is 47.9 Å². The monoisotopic (exact) mass is 471 g/mol. The molecule has 0 aliphatic carbocycles. The van der Waals surface area contributed by atoms with Crippen LogP contribution in [0.4, 0.5) is 0 Å². The Kier molecular flexibility index (Phi) is 14.4. The molecule has 0 fully saturated rings. The molecule has 2 N–H and O–H groups in total. The van der Waals surface area contributed by atoms with Crippen molar-refractivity contribution >= 4 is 14.0 Å². The number of hydrogen-bond donors (Lipinski definition) is 2. The predicted molar refractivity (Wildman–Crippen MR) is 145 cm³/mol. The molecule has 0 saturated carbocycles. The molecule has 0 saturated heterocycles. The number of carbonyl (C=O) groups excluding carboxylic acids is 1. The van der Waals surface area contributed by atoms with E-state index in [2.05, 4.69) is 70.5 Å². The van der Waals surface area contributed by atoms with Gasteiger partial charge in [0.05, 0.1) is 0 Å². The summed E-state index contributed by atoms with van der Waals surface area (Å²) < 4.78 is 0. The summed E-state index contributed by atoms with van der Waals surface area (Å²) in [6.07, 6.45) is 7.50. The number of rotatable bonds is 15. The number of carbonyl (C=O) groups is 1. The van der Waals surface area contributed by atoms with E-state index in [1.807, 2.05) is 18.2 Å². The lowest BCUT2D eigenvalue weighted by Crippen LogP contribution is -2.43. The second-order valence-corrected chi connectivity index (χ2v) is 16.0. The molecular weight excluding hydrogens is 422 g/mol. The molecule has 0 heterocycles. The smallest absolute Gasteiger partial charge is 0.220 e. The molecule has 4 heteroatoms. The third-order valence-electron chi connectivity index (χ3n) is 7.12. The molecule has 1 rings (SSSR count). The average molecular weight is 472 g/mol. The van der Waals surface area contributed by atoms with Gasteiger partial charge in [-0.25, -0.2) is 0 Å². The number of unbranched alkanes of at least 4 members (excludes halogenated alkanes) is 3. The highest BCUT2D eigenvalue weighted by molar-refractivity contribution is 6.90. The summed E-state index contributed by atoms with van der Waals surface area (Å²) in [6, 6.07) is 10.3. The summed E-state index contributed by atoms with van der Waals surface area (Å²) in [5, 5.41) is 12.1. The van der Waals surface area contributed by atoms with Crippen LogP contribution in [0.15, 0.2) is 30.3 Å². The zero-order chi connectivity index (χ0) is 24.7. The molecular formula is C29H49NO2Si. The molecule has 0 aromatic heterocycles. The van der Waals surface area contributed by atoms with E-state index >= 15 is 0 Å². The van der Waals surface area contributed by atoms with E-state index in [1.165, 1.54) is 5.56 Å². The highest BCUT2D eigenvalue weighted by Crippen LogP contribution is 2.41. The molecule has 1 amide bonds. The first-order valence-corrected chi connectivity index (χ1v) is 15.4. The Labute approximate surface area is 205 Å². The lowest BCUT2D eigenvalue weighted by atomic mass is 9.96. The summed E-state index contributed by atoms with van der Waals surface area (Å²) >= 11 is 0. The van der Waals surface area contributed by atoms with Crippen LogP contribution in [0.5, 0.6) is 0 Å². The summed E-state index contributed by atoms with van der Waals surface area (Å²) in [7, 11) is -1.76. The maximum Gasteiger partial charge on any atom is 0.220 e. The Morgan fingerprint density at radius 2 is 1.52 bits per heavy atom. The molecule has 0 spiro atoms. The molecule has 0 unspecified atom stereocenters. The Morgan fingerprint density at radius 1 is 0.909 bits per heavy atom. The number of aliphatic hydroxyl groups is 1. The van der Waals surface area contributed by atoms with E-state index in [0.29, 0.717) is 29.6 Å². The lowest BCUT2D eigenvalue weighted by Gasteiger charge is -2.38. The quantitative estimate of drug-likeness (QED) is 0.166. The maximum atomic E-state index is 12.5. The third kappa shape index (κ3) is 10.5. The lowest BCUT2D eigenvalue weighted by molar-refractivity contribution is -0.121. The van der Waals surface area contributed by atoms with Crippen molar-refractivity contribution in [2.45, 2.75) is 110 Å². The molecule has 0 bridgehead atoms. The first-order valence-electron chi connectivity index (χ1n) is 13.2. The Hall–Kier alpha value is -1.57. The van der Waals surface area contributed by atoms with E-state index in [4.69, 9.17) is 5.11 Å². The first kappa shape index (κ1) is 29.5. The van der Waals surface area contributed by atoms with Crippen LogP contribution in [0.25, 0.3) is 0 Å². The van der Waals surface area contributed by atoms with Gasteiger partial charge in [0.25, 0.3) is 0 Å². The maximum absolute atomic E-state index is 12.5. The van der Waals surface area contributed by atoms with Gasteiger partial charge >= 0.3 is 0 Å². The van der Waals surface area contributed by atoms with Crippen molar-refractivity contribution in [1.82, 2.24) is 5.32 Å². The first-order chi connectivity index (χ1) is 15.7. The molecule has 186 valence electrons. The molecule has 0 aliphatic rings. The van der Waals surface area contributed by atoms with Gasteiger partial charge in [-0.15, -0.1) is 11.5 Å². The topological polar surface area (TPSA) is 49.3 Å². The zero-order valence-corrected chi connectivity index (χ0v) is 23.1. The van der Waals surface area contributed by atoms with Crippen LogP contribution in [-0.2, 0) is 11.2 Å². The predicted octanol–water partition coefficient (Wildman–Crippen LogP) is 6.91. The summed E-state index contributed by atoms with van der Waals surface area (Å²) in [5.74, 6) is 4.13. The Balaban J connectivity index is 2.75. The number of aliphatic hydroxyl groups excluding tert-OH is 1. The van der Waals surface area contributed by atoms with Gasteiger partial charge in [-0.3, -0.25) is 4.79 Å². The number of amides is 1. The molecule has 1 atom stereocenters. The van der Waals surface area contributed by atoms with Crippen molar-refractivity contribution in [2.24, 2.45) is 5.92 Å². The minimum atomic E-state index is -1.76. The van der Waals surface area contributed by atoms with Crippen LogP contribution in [-0.4, -0.2) is 32.2 Å². The summed E-state index contributed by atoms with van der Waals surface area (Å²) in [5.41, 5.74) is 7.01. The summed E-state index contributed by atoms with van der Waals surface area (Å²) in [4.78, 5) is 12.5. The van der Waals surface area contributed by atoms with Gasteiger partial charge in [0.15, 0.2) is 0 Å². The van der Waals surface area contributed by atoms with Crippen LogP contribution in [0.2, 0.25) is 16.6 Å². The van der Waals surface area contributed by atoms with Crippen LogP contribution in [0.1, 0.15) is 92.1 Å². The largest absolute Gasteiger partial charge is 0.396 e. The fourth-order valence-electron chi connectivity index (χ4n) is 5.19. The van der Waals surface area contributed by atoms with Crippen LogP contribution in [0.3, 0.4) is 0 Å². The van der Waals surface area contributed by atoms with E-state index in [0.717, 1.165) is 44.9 Å². The minimum absolute atomic E-state index is 0.137. The molecule has 1 aromatic carbocycles. The average Bonchev–Trinajstić information content (AvgIpc) is 2.77. The van der Waals surface area contributed by atoms with Crippen molar-refractivity contribution in [3.05, 3.63) is 35.9 Å². The van der Waals surface area contributed by atoms with Gasteiger partial charge < -0.3 is 10.4 Å². The second kappa shape index (κ2) is 16.1. The zero-order valence-electron chi connectivity index (χ0n) is 22.1. The highest BCUT2D eigenvalue weighted by Gasteiger charge is 2.41. The molecule has 1 aromatic rings. The van der Waals surface area contributed by atoms with Gasteiger partial charge in [-0.2, -0.15) is 0 Å². The van der Waals surface area contributed by atoms with E-state index in [-0.39, 0.29) is 18.4 Å². The van der Waals surface area contributed by atoms with Crippen LogP contribution in [0, 0.1) is 17.4 Å². The summed E-state index contributed by atoms with van der Waals surface area (Å²) in [6.45, 7) is 15.1.